The van der Waals surface area contributed by atoms with Crippen molar-refractivity contribution in [2.45, 2.75) is 37.0 Å². The first-order chi connectivity index (χ1) is 25.9. The predicted octanol–water partition coefficient (Wildman–Crippen LogP) is 8.39. The molecule has 2 aliphatic heterocycles. The number of rotatable bonds is 9. The van der Waals surface area contributed by atoms with E-state index in [4.69, 9.17) is 4.74 Å². The van der Waals surface area contributed by atoms with Crippen LogP contribution in [0, 0.1) is 20.8 Å². The number of benzene rings is 6. The summed E-state index contributed by atoms with van der Waals surface area (Å²) >= 11 is 2.92. The van der Waals surface area contributed by atoms with Gasteiger partial charge in [-0.1, -0.05) is 0 Å². The Labute approximate surface area is 338 Å². The Kier molecular flexibility index (Phi) is 11.1. The molecule has 2 aliphatic rings. The van der Waals surface area contributed by atoms with Crippen LogP contribution in [0.2, 0.25) is 0 Å². The second-order valence-corrected chi connectivity index (χ2v) is 15.1. The second kappa shape index (κ2) is 16.1. The van der Waals surface area contributed by atoms with Gasteiger partial charge in [-0.15, -0.1) is 0 Å². The van der Waals surface area contributed by atoms with E-state index >= 15 is 0 Å². The first kappa shape index (κ1) is 37.3. The van der Waals surface area contributed by atoms with Crippen LogP contribution in [0.25, 0.3) is 5.70 Å². The summed E-state index contributed by atoms with van der Waals surface area (Å²) in [6.45, 7) is 6.65. The molecule has 0 amide bonds. The molecule has 54 heavy (non-hydrogen) atoms. The van der Waals surface area contributed by atoms with Crippen LogP contribution >= 0.6 is 0 Å². The molecule has 0 saturated carbocycles. The minimum absolute atomic E-state index is 0. The summed E-state index contributed by atoms with van der Waals surface area (Å²) in [6.07, 6.45) is 9.06. The number of ether oxygens (including phenoxy) is 1. The Balaban J connectivity index is 0.00000450. The van der Waals surface area contributed by atoms with Gasteiger partial charge < -0.3 is 12.4 Å². The molecule has 0 radical (unpaired) electrons. The van der Waals surface area contributed by atoms with Gasteiger partial charge in [0.2, 0.25) is 0 Å². The van der Waals surface area contributed by atoms with Crippen LogP contribution in [0.1, 0.15) is 67.5 Å². The number of hydrogen-bond acceptors (Lipinski definition) is 3. The molecule has 6 aromatic rings. The molecule has 8 rings (SSSR count). The zero-order chi connectivity index (χ0) is 36.5. The quantitative estimate of drug-likeness (QED) is 0.107. The van der Waals surface area contributed by atoms with E-state index in [1.807, 2.05) is 0 Å². The third-order valence-electron chi connectivity index (χ3n) is 10.5. The molecular weight excluding hydrogens is 865 g/mol. The molecule has 273 valence electrons. The van der Waals surface area contributed by atoms with Gasteiger partial charge in [-0.2, -0.15) is 0 Å². The number of halogens is 1. The Bertz CT molecular complexity index is 2130. The number of methoxy groups -OCH3 is 1. The van der Waals surface area contributed by atoms with Gasteiger partial charge in [0.05, 0.1) is 0 Å². The fourth-order valence-corrected chi connectivity index (χ4v) is 9.39. The van der Waals surface area contributed by atoms with Crippen molar-refractivity contribution in [2.75, 3.05) is 12.0 Å². The molecule has 0 N–H and O–H groups in total. The van der Waals surface area contributed by atoms with Crippen molar-refractivity contribution >= 4 is 11.4 Å². The van der Waals surface area contributed by atoms with E-state index in [1.165, 1.54) is 67.0 Å². The SMILES string of the molecule is COc1cc(C(c2ccccc2)c2ccccc2)c(N2C=C3C=CC=C(c4c(C)cc(C)cc4C)N3[CH]2[Au+])c(C(c2ccccc2)c2ccccc2)c1.[Cl-]. The van der Waals surface area contributed by atoms with Crippen LogP contribution in [0.3, 0.4) is 0 Å². The Morgan fingerprint density at radius 3 is 1.44 bits per heavy atom. The number of allylic oxidation sites excluding steroid dienone is 3. The molecular formula is C49H43AuClN2O. The van der Waals surface area contributed by atoms with E-state index in [0.29, 0.717) is 0 Å². The topological polar surface area (TPSA) is 15.7 Å². The fraction of sp³-hybridized carbons (Fsp3) is 0.143. The van der Waals surface area contributed by atoms with Crippen LogP contribution in [0.5, 0.6) is 5.75 Å². The van der Waals surface area contributed by atoms with Gasteiger partial charge >= 0.3 is 328 Å². The van der Waals surface area contributed by atoms with Crippen LogP contribution in [0.4, 0.5) is 5.69 Å². The van der Waals surface area contributed by atoms with Crippen molar-refractivity contribution in [3.63, 3.8) is 0 Å². The normalized spacial score (nSPS) is 14.9. The summed E-state index contributed by atoms with van der Waals surface area (Å²) in [5, 5.41) is 0. The summed E-state index contributed by atoms with van der Waals surface area (Å²) in [7, 11) is 1.79. The van der Waals surface area contributed by atoms with Crippen molar-refractivity contribution in [3.8, 4) is 5.75 Å². The van der Waals surface area contributed by atoms with E-state index < -0.39 is 0 Å². The van der Waals surface area contributed by atoms with Gasteiger partial charge in [-0.05, 0) is 0 Å². The average molecular weight is 908 g/mol. The standard InChI is InChI=1S/C49H43N2O.Au.ClH/c1-34-28-35(2)46(36(3)29-34)45-27-17-26-41-32-50(33-51(41)45)49-43(47(37-18-9-5-10-19-37)38-20-11-6-12-21-38)30-42(52-4)31-44(49)48(39-22-13-7-14-23-39)40-24-15-8-16-25-40;;/h5-33,47-48H,1-4H3;;1H/q;+1;/p-1. The molecule has 0 saturated heterocycles. The molecule has 0 bridgehead atoms. The van der Waals surface area contributed by atoms with E-state index in [1.54, 1.807) is 7.11 Å². The summed E-state index contributed by atoms with van der Waals surface area (Å²) in [4.78, 5) is 4.99. The Morgan fingerprint density at radius 1 is 0.611 bits per heavy atom. The molecule has 2 heterocycles. The molecule has 0 aromatic heterocycles. The van der Waals surface area contributed by atoms with Crippen molar-refractivity contribution in [3.05, 3.63) is 231 Å². The summed E-state index contributed by atoms with van der Waals surface area (Å²) in [5.41, 5.74) is 16.0. The fourth-order valence-electron chi connectivity index (χ4n) is 8.32. The molecule has 3 nitrogen and oxygen atoms in total. The number of nitrogens with zero attached hydrogens (tertiary/aromatic N) is 2. The summed E-state index contributed by atoms with van der Waals surface area (Å²) in [6, 6.07) is 52.8. The van der Waals surface area contributed by atoms with Crippen LogP contribution in [-0.4, -0.2) is 16.4 Å². The van der Waals surface area contributed by atoms with Gasteiger partial charge in [-0.25, -0.2) is 0 Å². The largest absolute Gasteiger partial charge is 1.00 e. The molecule has 0 spiro atoms. The Morgan fingerprint density at radius 2 is 1.04 bits per heavy atom. The van der Waals surface area contributed by atoms with Gasteiger partial charge in [-0.3, -0.25) is 0 Å². The van der Waals surface area contributed by atoms with Gasteiger partial charge in [0.15, 0.2) is 0 Å². The molecule has 6 aromatic carbocycles. The van der Waals surface area contributed by atoms with Crippen molar-refractivity contribution in [2.24, 2.45) is 0 Å². The minimum atomic E-state index is -0.0772. The smallest absolute Gasteiger partial charge is 1.00 e. The summed E-state index contributed by atoms with van der Waals surface area (Å²) < 4.78 is 6.14. The molecule has 1 unspecified atom stereocenters. The van der Waals surface area contributed by atoms with Gasteiger partial charge in [0, 0.05) is 0 Å². The van der Waals surface area contributed by atoms with E-state index in [2.05, 4.69) is 222 Å². The zero-order valence-electron chi connectivity index (χ0n) is 30.9. The minimum Gasteiger partial charge on any atom is -1.00 e. The molecule has 0 fully saturated rings. The first-order valence-corrected chi connectivity index (χ1v) is 19.4. The maximum atomic E-state index is 6.22. The average Bonchev–Trinajstić information content (AvgIpc) is 3.52. The number of aryl methyl sites for hydroxylation is 3. The van der Waals surface area contributed by atoms with Crippen LogP contribution in [0.15, 0.2) is 176 Å². The van der Waals surface area contributed by atoms with E-state index in [0.717, 1.165) is 11.4 Å². The maximum absolute atomic E-state index is 6.22. The summed E-state index contributed by atoms with van der Waals surface area (Å²) in [5.74, 6) is 0.723. The number of fused-ring (bicyclic) bond motifs is 1. The number of anilines is 1. The molecule has 5 heteroatoms. The van der Waals surface area contributed by atoms with Crippen LogP contribution in [-0.2, 0) is 21.1 Å². The van der Waals surface area contributed by atoms with Crippen molar-refractivity contribution in [1.82, 2.24) is 4.90 Å². The molecule has 0 aliphatic carbocycles. The van der Waals surface area contributed by atoms with Gasteiger partial charge in [0.1, 0.15) is 0 Å². The third-order valence-corrected chi connectivity index (χ3v) is 11.6. The Hall–Kier alpha value is -5.03. The second-order valence-electron chi connectivity index (χ2n) is 14.0. The van der Waals surface area contributed by atoms with E-state index in [9.17, 15) is 0 Å². The monoisotopic (exact) mass is 907 g/mol. The van der Waals surface area contributed by atoms with Gasteiger partial charge in [0.25, 0.3) is 0 Å². The van der Waals surface area contributed by atoms with Crippen molar-refractivity contribution in [1.29, 1.82) is 0 Å². The molecule has 1 atom stereocenters. The van der Waals surface area contributed by atoms with Crippen molar-refractivity contribution < 1.29 is 38.2 Å². The van der Waals surface area contributed by atoms with Crippen LogP contribution < -0.4 is 22.0 Å². The third kappa shape index (κ3) is 7.01. The van der Waals surface area contributed by atoms with E-state index in [-0.39, 0.29) is 28.6 Å². The number of hydrogen-bond donors (Lipinski definition) is 0. The first-order valence-electron chi connectivity index (χ1n) is 18.2. The maximum Gasteiger partial charge on any atom is -1.00 e. The zero-order valence-corrected chi connectivity index (χ0v) is 33.8. The predicted molar refractivity (Wildman–Crippen MR) is 215 cm³/mol.